The van der Waals surface area contributed by atoms with Crippen molar-refractivity contribution in [3.05, 3.63) is 27.7 Å². The lowest BCUT2D eigenvalue weighted by Crippen LogP contribution is -2.27. The van der Waals surface area contributed by atoms with Gasteiger partial charge in [-0.2, -0.15) is 0 Å². The van der Waals surface area contributed by atoms with E-state index >= 15 is 0 Å². The highest BCUT2D eigenvalue weighted by Crippen LogP contribution is 2.25. The van der Waals surface area contributed by atoms with Gasteiger partial charge in [0.25, 0.3) is 0 Å². The molecule has 3 nitrogen and oxygen atoms in total. The Kier molecular flexibility index (Phi) is 4.93. The molecular formula is C14H20BrNO2. The van der Waals surface area contributed by atoms with Gasteiger partial charge in [0.05, 0.1) is 5.60 Å². The zero-order valence-electron chi connectivity index (χ0n) is 11.6. The third-order valence-electron chi connectivity index (χ3n) is 2.40. The number of halogens is 1. The summed E-state index contributed by atoms with van der Waals surface area (Å²) in [6, 6.07) is 3.96. The molecule has 0 atom stereocenters. The molecular weight excluding hydrogens is 294 g/mol. The first kappa shape index (κ1) is 15.2. The van der Waals surface area contributed by atoms with Gasteiger partial charge < -0.3 is 10.1 Å². The number of aryl methyl sites for hydroxylation is 2. The van der Waals surface area contributed by atoms with Gasteiger partial charge in [-0.1, -0.05) is 15.9 Å². The van der Waals surface area contributed by atoms with Gasteiger partial charge in [-0.25, -0.2) is 0 Å². The number of nitrogens with one attached hydrogen (secondary N) is 1. The van der Waals surface area contributed by atoms with Crippen LogP contribution in [0.1, 0.15) is 31.9 Å². The van der Waals surface area contributed by atoms with Gasteiger partial charge in [-0.05, 0) is 57.9 Å². The van der Waals surface area contributed by atoms with E-state index in [0.29, 0.717) is 0 Å². The maximum atomic E-state index is 11.8. The van der Waals surface area contributed by atoms with Crippen molar-refractivity contribution in [1.82, 2.24) is 0 Å². The molecule has 100 valence electrons. The Bertz CT molecular complexity index is 427. The molecule has 0 unspecified atom stereocenters. The van der Waals surface area contributed by atoms with Crippen LogP contribution in [0.5, 0.6) is 0 Å². The highest BCUT2D eigenvalue weighted by atomic mass is 79.9. The van der Waals surface area contributed by atoms with E-state index < -0.39 is 0 Å². The number of hydrogen-bond donors (Lipinski definition) is 1. The molecule has 18 heavy (non-hydrogen) atoms. The van der Waals surface area contributed by atoms with Crippen molar-refractivity contribution in [2.24, 2.45) is 0 Å². The molecule has 4 heteroatoms. The van der Waals surface area contributed by atoms with Crippen LogP contribution < -0.4 is 5.32 Å². The topological polar surface area (TPSA) is 38.3 Å². The van der Waals surface area contributed by atoms with Crippen LogP contribution in [-0.4, -0.2) is 18.1 Å². The van der Waals surface area contributed by atoms with Crippen LogP contribution in [0, 0.1) is 13.8 Å². The van der Waals surface area contributed by atoms with Crippen molar-refractivity contribution < 1.29 is 9.53 Å². The van der Waals surface area contributed by atoms with Crippen molar-refractivity contribution in [2.75, 3.05) is 11.9 Å². The van der Waals surface area contributed by atoms with E-state index in [0.717, 1.165) is 21.3 Å². The van der Waals surface area contributed by atoms with Crippen molar-refractivity contribution in [2.45, 2.75) is 40.2 Å². The fourth-order valence-electron chi connectivity index (χ4n) is 1.57. The summed E-state index contributed by atoms with van der Waals surface area (Å²) < 4.78 is 6.46. The van der Waals surface area contributed by atoms with Crippen LogP contribution in [0.25, 0.3) is 0 Å². The van der Waals surface area contributed by atoms with E-state index in [2.05, 4.69) is 21.2 Å². The molecule has 0 saturated heterocycles. The smallest absolute Gasteiger partial charge is 0.250 e. The molecule has 0 radical (unpaired) electrons. The molecule has 1 aromatic rings. The van der Waals surface area contributed by atoms with Crippen LogP contribution in [0.15, 0.2) is 16.6 Å². The number of anilines is 1. The molecule has 0 spiro atoms. The number of carbonyl (C=O) groups excluding carboxylic acids is 1. The molecule has 1 N–H and O–H groups in total. The standard InChI is InChI=1S/C14H20BrNO2/c1-9-6-11(15)7-10(2)13(9)16-12(17)8-18-14(3,4)5/h6-7H,8H2,1-5H3,(H,16,17). The third kappa shape index (κ3) is 4.78. The van der Waals surface area contributed by atoms with Crippen molar-refractivity contribution in [1.29, 1.82) is 0 Å². The predicted octanol–water partition coefficient (Wildman–Crippen LogP) is 3.82. The number of carbonyl (C=O) groups is 1. The van der Waals surface area contributed by atoms with Crippen molar-refractivity contribution in [3.63, 3.8) is 0 Å². The van der Waals surface area contributed by atoms with Gasteiger partial charge in [-0.15, -0.1) is 0 Å². The summed E-state index contributed by atoms with van der Waals surface area (Å²) in [6.45, 7) is 9.79. The zero-order chi connectivity index (χ0) is 13.9. The van der Waals surface area contributed by atoms with Gasteiger partial charge in [0, 0.05) is 10.2 Å². The summed E-state index contributed by atoms with van der Waals surface area (Å²) >= 11 is 3.43. The molecule has 0 saturated carbocycles. The molecule has 0 aliphatic heterocycles. The quantitative estimate of drug-likeness (QED) is 0.921. The van der Waals surface area contributed by atoms with Gasteiger partial charge in [-0.3, -0.25) is 4.79 Å². The van der Waals surface area contributed by atoms with Crippen LogP contribution >= 0.6 is 15.9 Å². The summed E-state index contributed by atoms with van der Waals surface area (Å²) in [5.74, 6) is -0.126. The molecule has 1 amide bonds. The van der Waals surface area contributed by atoms with Crippen LogP contribution in [-0.2, 0) is 9.53 Å². The SMILES string of the molecule is Cc1cc(Br)cc(C)c1NC(=O)COC(C)(C)C. The fourth-order valence-corrected chi connectivity index (χ4v) is 2.25. The maximum absolute atomic E-state index is 11.8. The number of ether oxygens (including phenoxy) is 1. The molecule has 0 heterocycles. The zero-order valence-corrected chi connectivity index (χ0v) is 13.1. The van der Waals surface area contributed by atoms with E-state index in [1.54, 1.807) is 0 Å². The summed E-state index contributed by atoms with van der Waals surface area (Å²) in [5.41, 5.74) is 2.62. The molecule has 0 aliphatic rings. The first-order valence-corrected chi connectivity index (χ1v) is 6.69. The molecule has 0 bridgehead atoms. The minimum absolute atomic E-state index is 0.0679. The Morgan fingerprint density at radius 1 is 1.28 bits per heavy atom. The highest BCUT2D eigenvalue weighted by Gasteiger charge is 2.14. The monoisotopic (exact) mass is 313 g/mol. The number of hydrogen-bond acceptors (Lipinski definition) is 2. The molecule has 0 fully saturated rings. The maximum Gasteiger partial charge on any atom is 0.250 e. The summed E-state index contributed by atoms with van der Waals surface area (Å²) in [6.07, 6.45) is 0. The van der Waals surface area contributed by atoms with Gasteiger partial charge in [0.15, 0.2) is 0 Å². The molecule has 1 rings (SSSR count). The normalized spacial score (nSPS) is 11.4. The third-order valence-corrected chi connectivity index (χ3v) is 2.86. The average Bonchev–Trinajstić information content (AvgIpc) is 2.19. The van der Waals surface area contributed by atoms with Crippen LogP contribution in [0.2, 0.25) is 0 Å². The van der Waals surface area contributed by atoms with Crippen LogP contribution in [0.3, 0.4) is 0 Å². The number of rotatable bonds is 3. The lowest BCUT2D eigenvalue weighted by Gasteiger charge is -2.19. The summed E-state index contributed by atoms with van der Waals surface area (Å²) in [5, 5.41) is 2.89. The van der Waals surface area contributed by atoms with E-state index in [9.17, 15) is 4.79 Å². The first-order chi connectivity index (χ1) is 8.19. The summed E-state index contributed by atoms with van der Waals surface area (Å²) in [7, 11) is 0. The Hall–Kier alpha value is -0.870. The Morgan fingerprint density at radius 3 is 2.22 bits per heavy atom. The number of amides is 1. The Balaban J connectivity index is 2.71. The second-order valence-corrected chi connectivity index (χ2v) is 6.28. The van der Waals surface area contributed by atoms with Gasteiger partial charge in [0.1, 0.15) is 6.61 Å². The van der Waals surface area contributed by atoms with E-state index in [-0.39, 0.29) is 18.1 Å². The minimum atomic E-state index is -0.304. The first-order valence-electron chi connectivity index (χ1n) is 5.89. The van der Waals surface area contributed by atoms with Gasteiger partial charge in [0.2, 0.25) is 5.91 Å². The molecule has 0 aromatic heterocycles. The largest absolute Gasteiger partial charge is 0.366 e. The minimum Gasteiger partial charge on any atom is -0.366 e. The van der Waals surface area contributed by atoms with Crippen molar-refractivity contribution in [3.8, 4) is 0 Å². The summed E-state index contributed by atoms with van der Waals surface area (Å²) in [4.78, 5) is 11.8. The van der Waals surface area contributed by atoms with E-state index in [4.69, 9.17) is 4.74 Å². The van der Waals surface area contributed by atoms with Crippen molar-refractivity contribution >= 4 is 27.5 Å². The highest BCUT2D eigenvalue weighted by molar-refractivity contribution is 9.10. The predicted molar refractivity (Wildman–Crippen MR) is 78.0 cm³/mol. The Morgan fingerprint density at radius 2 is 1.78 bits per heavy atom. The van der Waals surface area contributed by atoms with E-state index in [1.165, 1.54) is 0 Å². The van der Waals surface area contributed by atoms with Crippen LogP contribution in [0.4, 0.5) is 5.69 Å². The lowest BCUT2D eigenvalue weighted by molar-refractivity contribution is -0.125. The Labute approximate surface area is 117 Å². The van der Waals surface area contributed by atoms with E-state index in [1.807, 2.05) is 46.8 Å². The number of benzene rings is 1. The second-order valence-electron chi connectivity index (χ2n) is 5.36. The molecule has 1 aromatic carbocycles. The lowest BCUT2D eigenvalue weighted by atomic mass is 10.1. The van der Waals surface area contributed by atoms with Gasteiger partial charge >= 0.3 is 0 Å². The second kappa shape index (κ2) is 5.85. The average molecular weight is 314 g/mol. The molecule has 0 aliphatic carbocycles. The fraction of sp³-hybridized carbons (Fsp3) is 0.500.